The number of ether oxygens (including phenoxy) is 1. The Morgan fingerprint density at radius 2 is 2.11 bits per heavy atom. The first-order chi connectivity index (χ1) is 13.9. The summed E-state index contributed by atoms with van der Waals surface area (Å²) in [5.41, 5.74) is -0.803. The van der Waals surface area contributed by atoms with Gasteiger partial charge in [0.15, 0.2) is 0 Å². The van der Waals surface area contributed by atoms with Crippen molar-refractivity contribution in [3.8, 4) is 0 Å². The Morgan fingerprint density at radius 3 is 2.67 bits per heavy atom. The minimum Gasteiger partial charge on any atom is -0.388 e. The zero-order chi connectivity index (χ0) is 22.8. The van der Waals surface area contributed by atoms with E-state index in [2.05, 4.69) is 5.32 Å². The molecule has 2 fully saturated rings. The zero-order valence-electron chi connectivity index (χ0n) is 18.9. The van der Waals surface area contributed by atoms with E-state index < -0.39 is 60.2 Å². The van der Waals surface area contributed by atoms with Crippen molar-refractivity contribution >= 4 is 29.3 Å². The van der Waals surface area contributed by atoms with E-state index in [0.717, 1.165) is 24.6 Å². The fourth-order valence-corrected chi connectivity index (χ4v) is 4.76. The summed E-state index contributed by atoms with van der Waals surface area (Å²) in [4.78, 5) is 14.3. The Labute approximate surface area is 175 Å². The van der Waals surface area contributed by atoms with E-state index in [1.54, 1.807) is 13.2 Å². The van der Waals surface area contributed by atoms with E-state index in [9.17, 15) is 20.1 Å². The van der Waals surface area contributed by atoms with Crippen LogP contribution in [0.1, 0.15) is 37.2 Å². The second-order valence-electron chi connectivity index (χ2n) is 7.45. The molecule has 0 aromatic heterocycles. The molecule has 0 aromatic rings. The number of halogens is 1. The quantitative estimate of drug-likeness (QED) is 0.436. The molecule has 2 saturated heterocycles. The van der Waals surface area contributed by atoms with Gasteiger partial charge in [-0.1, -0.05) is 13.3 Å². The number of likely N-dealkylation sites (tertiary alicyclic amines) is 1. The molecule has 2 rings (SSSR count). The van der Waals surface area contributed by atoms with Crippen molar-refractivity contribution in [1.82, 2.24) is 10.2 Å². The van der Waals surface area contributed by atoms with Crippen LogP contribution in [0.3, 0.4) is 0 Å². The third-order valence-electron chi connectivity index (χ3n) is 5.38. The normalized spacial score (nSPS) is 42.0. The lowest BCUT2D eigenvalue weighted by atomic mass is 9.92. The molecule has 158 valence electrons. The van der Waals surface area contributed by atoms with Crippen LogP contribution < -0.4 is 5.32 Å². The molecule has 2 aliphatic rings. The summed E-state index contributed by atoms with van der Waals surface area (Å²) in [5.74, 6) is -0.397. The SMILES string of the molecule is [2H]C([2H])([2H])N1CC(CCC)C[C@H]1C(=O)NC(C(C)Cl)C1O[C@H](SC)[C@@H](O)[C@H](O)[C@H]1O. The summed E-state index contributed by atoms with van der Waals surface area (Å²) in [6, 6.07) is -1.74. The van der Waals surface area contributed by atoms with E-state index >= 15 is 0 Å². The number of amides is 1. The van der Waals surface area contributed by atoms with Crippen LogP contribution in [0.2, 0.25) is 0 Å². The number of rotatable bonds is 7. The van der Waals surface area contributed by atoms with Gasteiger partial charge in [0.25, 0.3) is 0 Å². The standard InChI is InChI=1S/C18H33ClN2O5S/c1-5-6-10-7-11(21(3)8-10)17(25)20-12(9(2)19)16-14(23)13(22)15(24)18(26-16)27-4/h9-16,18,22-24H,5-8H2,1-4H3,(H,20,25)/t9?,10?,11-,12?,13+,14+,15-,16?,18+/m0/s1/i3D3. The lowest BCUT2D eigenvalue weighted by molar-refractivity contribution is -0.205. The van der Waals surface area contributed by atoms with Crippen molar-refractivity contribution < 1.29 is 29.0 Å². The molecule has 27 heavy (non-hydrogen) atoms. The van der Waals surface area contributed by atoms with Crippen LogP contribution in [-0.2, 0) is 9.53 Å². The minimum absolute atomic E-state index is 0.104. The van der Waals surface area contributed by atoms with Gasteiger partial charge in [-0.25, -0.2) is 0 Å². The second-order valence-corrected chi connectivity index (χ2v) is 9.07. The first kappa shape index (κ1) is 18.9. The molecular formula is C18H33ClN2O5S. The third kappa shape index (κ3) is 5.29. The summed E-state index contributed by atoms with van der Waals surface area (Å²) in [6.45, 7) is 1.54. The van der Waals surface area contributed by atoms with Gasteiger partial charge in [0.2, 0.25) is 5.91 Å². The van der Waals surface area contributed by atoms with Crippen LogP contribution in [0.15, 0.2) is 0 Å². The van der Waals surface area contributed by atoms with E-state index in [-0.39, 0.29) is 5.92 Å². The molecule has 4 N–H and O–H groups in total. The van der Waals surface area contributed by atoms with Crippen LogP contribution in [0.4, 0.5) is 0 Å². The van der Waals surface area contributed by atoms with Gasteiger partial charge in [0, 0.05) is 10.7 Å². The highest BCUT2D eigenvalue weighted by molar-refractivity contribution is 7.99. The minimum atomic E-state index is -2.41. The highest BCUT2D eigenvalue weighted by Crippen LogP contribution is 2.31. The number of thioether (sulfide) groups is 1. The summed E-state index contributed by atoms with van der Waals surface area (Å²) in [5, 5.41) is 32.8. The average Bonchev–Trinajstić information content (AvgIpc) is 3.09. The maximum absolute atomic E-state index is 13.1. The third-order valence-corrected chi connectivity index (χ3v) is 6.51. The number of likely N-dealkylation sites (N-methyl/N-ethyl adjacent to an activating group) is 1. The zero-order valence-corrected chi connectivity index (χ0v) is 17.5. The van der Waals surface area contributed by atoms with E-state index in [1.807, 2.05) is 6.92 Å². The molecule has 0 aliphatic carbocycles. The molecule has 0 spiro atoms. The molecule has 7 nitrogen and oxygen atoms in total. The Balaban J connectivity index is 2.20. The maximum Gasteiger partial charge on any atom is 0.237 e. The number of hydrogen-bond donors (Lipinski definition) is 4. The molecule has 0 aromatic carbocycles. The van der Waals surface area contributed by atoms with Gasteiger partial charge in [-0.15, -0.1) is 23.4 Å². The second kappa shape index (κ2) is 10.1. The van der Waals surface area contributed by atoms with Crippen molar-refractivity contribution in [2.75, 3.05) is 19.8 Å². The predicted octanol–water partition coefficient (Wildman–Crippen LogP) is 0.389. The lowest BCUT2D eigenvalue weighted by Crippen LogP contribution is -2.65. The largest absolute Gasteiger partial charge is 0.388 e. The molecular weight excluding hydrogens is 392 g/mol. The highest BCUT2D eigenvalue weighted by Gasteiger charge is 2.48. The molecule has 9 heteroatoms. The van der Waals surface area contributed by atoms with Crippen LogP contribution in [0, 0.1) is 5.92 Å². The van der Waals surface area contributed by atoms with Crippen molar-refractivity contribution in [3.05, 3.63) is 0 Å². The first-order valence-corrected chi connectivity index (χ1v) is 11.1. The summed E-state index contributed by atoms with van der Waals surface area (Å²) >= 11 is 7.46. The Morgan fingerprint density at radius 1 is 1.41 bits per heavy atom. The maximum atomic E-state index is 13.1. The highest BCUT2D eigenvalue weighted by atomic mass is 35.5. The lowest BCUT2D eigenvalue weighted by Gasteiger charge is -2.44. The van der Waals surface area contributed by atoms with E-state index in [1.165, 1.54) is 4.90 Å². The molecule has 2 heterocycles. The van der Waals surface area contributed by atoms with Crippen LogP contribution in [0.5, 0.6) is 0 Å². The van der Waals surface area contributed by atoms with Gasteiger partial charge in [0.05, 0.1) is 17.5 Å². The van der Waals surface area contributed by atoms with Crippen LogP contribution in [-0.4, -0.2) is 93.2 Å². The Bertz CT molecular complexity index is 587. The molecule has 1 amide bonds. The molecule has 0 radical (unpaired) electrons. The van der Waals surface area contributed by atoms with Crippen molar-refractivity contribution in [1.29, 1.82) is 0 Å². The van der Waals surface area contributed by atoms with Crippen molar-refractivity contribution in [2.45, 2.75) is 80.4 Å². The van der Waals surface area contributed by atoms with Crippen LogP contribution in [0.25, 0.3) is 0 Å². The number of carbonyl (C=O) groups is 1. The monoisotopic (exact) mass is 427 g/mol. The average molecular weight is 428 g/mol. The molecule has 0 saturated carbocycles. The van der Waals surface area contributed by atoms with Crippen LogP contribution >= 0.6 is 23.4 Å². The fourth-order valence-electron chi connectivity index (χ4n) is 3.87. The molecule has 4 unspecified atom stereocenters. The number of hydrogen-bond acceptors (Lipinski definition) is 7. The topological polar surface area (TPSA) is 102 Å². The van der Waals surface area contributed by atoms with Gasteiger partial charge < -0.3 is 25.4 Å². The summed E-state index contributed by atoms with van der Waals surface area (Å²) in [7, 11) is 0. The number of alkyl halides is 1. The number of carbonyl (C=O) groups excluding carboxylic acids is 1. The summed E-state index contributed by atoms with van der Waals surface area (Å²) < 4.78 is 29.1. The number of nitrogens with one attached hydrogen (secondary N) is 1. The van der Waals surface area contributed by atoms with E-state index in [4.69, 9.17) is 20.5 Å². The van der Waals surface area contributed by atoms with Crippen molar-refractivity contribution in [3.63, 3.8) is 0 Å². The Kier molecular flexibility index (Phi) is 7.07. The van der Waals surface area contributed by atoms with Gasteiger partial charge in [-0.05, 0) is 38.9 Å². The summed E-state index contributed by atoms with van der Waals surface area (Å²) in [6.07, 6.45) is -1.45. The fraction of sp³-hybridized carbons (Fsp3) is 0.944. The van der Waals surface area contributed by atoms with Gasteiger partial charge in [-0.3, -0.25) is 9.69 Å². The van der Waals surface area contributed by atoms with Gasteiger partial charge in [0.1, 0.15) is 29.9 Å². The number of nitrogens with zero attached hydrogens (tertiary/aromatic N) is 1. The smallest absolute Gasteiger partial charge is 0.237 e. The molecule has 9 atom stereocenters. The molecule has 0 bridgehead atoms. The molecule has 2 aliphatic heterocycles. The van der Waals surface area contributed by atoms with Crippen molar-refractivity contribution in [2.24, 2.45) is 5.92 Å². The van der Waals surface area contributed by atoms with E-state index in [0.29, 0.717) is 13.0 Å². The first-order valence-electron chi connectivity index (χ1n) is 10.9. The Hall–Kier alpha value is -0.0900. The predicted molar refractivity (Wildman–Crippen MR) is 107 cm³/mol. The number of aliphatic hydroxyl groups is 3. The van der Waals surface area contributed by atoms with Gasteiger partial charge >= 0.3 is 0 Å². The van der Waals surface area contributed by atoms with Gasteiger partial charge in [-0.2, -0.15) is 0 Å². The number of aliphatic hydroxyl groups excluding tert-OH is 3.